The summed E-state index contributed by atoms with van der Waals surface area (Å²) in [6, 6.07) is 3.92. The normalized spacial score (nSPS) is 19.2. The van der Waals surface area contributed by atoms with Crippen LogP contribution >= 0.6 is 0 Å². The Labute approximate surface area is 270 Å². The molecule has 0 aromatic heterocycles. The third-order valence-corrected chi connectivity index (χ3v) is 10.4. The standard InChI is InChI=1S/C28H45N7O9S2/c1-43-24-9-3-4-10-25(24)44-21-11-16-34(17-12-21)46(41,42)33-22(13-18-45(2,39)40)27(38)35-15-6-8-23(35)26(37)32-20(19-36)7-5-14-31-28(29)30/h3-4,9-10,19-23,33H,5-8,11-18H2,1-2H3,(H,32,37)(H4,29,30,31). The summed E-state index contributed by atoms with van der Waals surface area (Å²) in [6.07, 6.45) is 3.19. The smallest absolute Gasteiger partial charge is 0.280 e. The first-order valence-corrected chi connectivity index (χ1v) is 18.6. The van der Waals surface area contributed by atoms with Crippen molar-refractivity contribution in [2.45, 2.75) is 69.2 Å². The van der Waals surface area contributed by atoms with Gasteiger partial charge in [-0.25, -0.2) is 8.42 Å². The summed E-state index contributed by atoms with van der Waals surface area (Å²) in [5.74, 6) is -0.707. The molecule has 6 N–H and O–H groups in total. The fourth-order valence-electron chi connectivity index (χ4n) is 5.38. The summed E-state index contributed by atoms with van der Waals surface area (Å²) in [4.78, 5) is 43.6. The van der Waals surface area contributed by atoms with Crippen LogP contribution in [0.15, 0.2) is 29.3 Å². The van der Waals surface area contributed by atoms with Gasteiger partial charge in [0.25, 0.3) is 10.2 Å². The molecule has 46 heavy (non-hydrogen) atoms. The van der Waals surface area contributed by atoms with Gasteiger partial charge in [0.05, 0.1) is 18.9 Å². The first kappa shape index (κ1) is 37.0. The van der Waals surface area contributed by atoms with Crippen LogP contribution in [0.3, 0.4) is 0 Å². The molecule has 3 unspecified atom stereocenters. The molecule has 0 saturated carbocycles. The number of hydrogen-bond acceptors (Lipinski definition) is 10. The number of methoxy groups -OCH3 is 1. The molecule has 16 nitrogen and oxygen atoms in total. The topological polar surface area (TPSA) is 233 Å². The van der Waals surface area contributed by atoms with Crippen molar-refractivity contribution in [3.05, 3.63) is 24.3 Å². The molecular weight excluding hydrogens is 642 g/mol. The number of hydrogen-bond donors (Lipinski definition) is 4. The summed E-state index contributed by atoms with van der Waals surface area (Å²) in [5, 5.41) is 2.63. The van der Waals surface area contributed by atoms with E-state index in [2.05, 4.69) is 15.0 Å². The number of ether oxygens (including phenoxy) is 2. The quantitative estimate of drug-likeness (QED) is 0.0665. The maximum atomic E-state index is 13.7. The van der Waals surface area contributed by atoms with Crippen LogP contribution in [0.1, 0.15) is 44.9 Å². The number of amides is 2. The van der Waals surface area contributed by atoms with Crippen LogP contribution in [0.4, 0.5) is 0 Å². The van der Waals surface area contributed by atoms with E-state index in [4.69, 9.17) is 20.9 Å². The van der Waals surface area contributed by atoms with Crippen LogP contribution in [0, 0.1) is 0 Å². The van der Waals surface area contributed by atoms with E-state index < -0.39 is 55.7 Å². The van der Waals surface area contributed by atoms with Crippen LogP contribution in [-0.4, -0.2) is 120 Å². The monoisotopic (exact) mass is 687 g/mol. The summed E-state index contributed by atoms with van der Waals surface area (Å²) >= 11 is 0. The average Bonchev–Trinajstić information content (AvgIpc) is 3.50. The molecule has 1 aromatic carbocycles. The highest BCUT2D eigenvalue weighted by molar-refractivity contribution is 7.90. The van der Waals surface area contributed by atoms with Crippen LogP contribution in [0.25, 0.3) is 0 Å². The number of rotatable bonds is 17. The highest BCUT2D eigenvalue weighted by Gasteiger charge is 2.40. The molecule has 2 aliphatic heterocycles. The van der Waals surface area contributed by atoms with Gasteiger partial charge >= 0.3 is 0 Å². The van der Waals surface area contributed by atoms with Gasteiger partial charge in [-0.3, -0.25) is 14.6 Å². The lowest BCUT2D eigenvalue weighted by Crippen LogP contribution is -2.57. The van der Waals surface area contributed by atoms with Gasteiger partial charge in [-0.2, -0.15) is 17.4 Å². The highest BCUT2D eigenvalue weighted by Crippen LogP contribution is 2.29. The molecule has 0 spiro atoms. The van der Waals surface area contributed by atoms with Gasteiger partial charge in [0.15, 0.2) is 17.5 Å². The second kappa shape index (κ2) is 16.9. The predicted molar refractivity (Wildman–Crippen MR) is 171 cm³/mol. The number of piperidine rings is 1. The lowest BCUT2D eigenvalue weighted by atomic mass is 10.1. The molecule has 0 aliphatic carbocycles. The lowest BCUT2D eigenvalue weighted by molar-refractivity contribution is -0.140. The van der Waals surface area contributed by atoms with Crippen molar-refractivity contribution in [3.63, 3.8) is 0 Å². The van der Waals surface area contributed by atoms with E-state index in [9.17, 15) is 31.2 Å². The zero-order chi connectivity index (χ0) is 33.9. The Morgan fingerprint density at radius 2 is 1.74 bits per heavy atom. The second-order valence-electron chi connectivity index (χ2n) is 11.4. The van der Waals surface area contributed by atoms with Gasteiger partial charge in [0, 0.05) is 32.4 Å². The Morgan fingerprint density at radius 1 is 1.07 bits per heavy atom. The number of carbonyl (C=O) groups excluding carboxylic acids is 3. The molecule has 1 aromatic rings. The van der Waals surface area contributed by atoms with Gasteiger partial charge < -0.3 is 36.0 Å². The zero-order valence-corrected chi connectivity index (χ0v) is 27.8. The largest absolute Gasteiger partial charge is 0.493 e. The molecule has 0 radical (unpaired) electrons. The van der Waals surface area contributed by atoms with Crippen molar-refractivity contribution in [3.8, 4) is 11.5 Å². The summed E-state index contributed by atoms with van der Waals surface area (Å²) in [7, 11) is -6.25. The van der Waals surface area contributed by atoms with Crippen LogP contribution in [0.2, 0.25) is 0 Å². The number of para-hydroxylation sites is 2. The van der Waals surface area contributed by atoms with Gasteiger partial charge in [-0.15, -0.1) is 0 Å². The van der Waals surface area contributed by atoms with Gasteiger partial charge in [0.2, 0.25) is 11.8 Å². The lowest BCUT2D eigenvalue weighted by Gasteiger charge is -2.34. The van der Waals surface area contributed by atoms with Crippen molar-refractivity contribution in [2.24, 2.45) is 16.5 Å². The van der Waals surface area contributed by atoms with Crippen molar-refractivity contribution in [1.82, 2.24) is 19.2 Å². The first-order valence-electron chi connectivity index (χ1n) is 15.1. The summed E-state index contributed by atoms with van der Waals surface area (Å²) in [6.45, 7) is 0.640. The van der Waals surface area contributed by atoms with Gasteiger partial charge in [0.1, 0.15) is 34.3 Å². The Kier molecular flexibility index (Phi) is 13.6. The number of nitrogens with zero attached hydrogens (tertiary/aromatic N) is 3. The Morgan fingerprint density at radius 3 is 2.35 bits per heavy atom. The van der Waals surface area contributed by atoms with E-state index in [0.717, 1.165) is 6.26 Å². The molecule has 3 rings (SSSR count). The number of carbonyl (C=O) groups is 3. The molecule has 2 amide bonds. The molecule has 0 bridgehead atoms. The third-order valence-electron chi connectivity index (χ3n) is 7.77. The minimum atomic E-state index is -4.23. The Balaban J connectivity index is 1.67. The molecule has 18 heteroatoms. The Hall–Kier alpha value is -3.48. The fraction of sp³-hybridized carbons (Fsp3) is 0.643. The zero-order valence-electron chi connectivity index (χ0n) is 26.2. The predicted octanol–water partition coefficient (Wildman–Crippen LogP) is -1.10. The van der Waals surface area contributed by atoms with Crippen molar-refractivity contribution in [2.75, 3.05) is 45.3 Å². The number of aldehydes is 1. The average molecular weight is 688 g/mol. The Bertz CT molecular complexity index is 1440. The number of aliphatic imine (C=N–C) groups is 1. The molecule has 2 saturated heterocycles. The minimum absolute atomic E-state index is 0.0875. The molecule has 2 fully saturated rings. The van der Waals surface area contributed by atoms with Crippen molar-refractivity contribution in [1.29, 1.82) is 0 Å². The summed E-state index contributed by atoms with van der Waals surface area (Å²) in [5.41, 5.74) is 10.6. The fourth-order valence-corrected chi connectivity index (χ4v) is 7.46. The number of likely N-dealkylation sites (tertiary alicyclic amines) is 1. The maximum Gasteiger partial charge on any atom is 0.280 e. The number of nitrogens with one attached hydrogen (secondary N) is 2. The number of benzene rings is 1. The van der Waals surface area contributed by atoms with E-state index in [-0.39, 0.29) is 51.1 Å². The van der Waals surface area contributed by atoms with Crippen LogP contribution in [0.5, 0.6) is 11.5 Å². The van der Waals surface area contributed by atoms with E-state index in [1.165, 1.54) is 16.3 Å². The van der Waals surface area contributed by atoms with E-state index in [0.29, 0.717) is 49.9 Å². The van der Waals surface area contributed by atoms with E-state index >= 15 is 0 Å². The molecular formula is C28H45N7O9S2. The van der Waals surface area contributed by atoms with Gasteiger partial charge in [-0.1, -0.05) is 12.1 Å². The van der Waals surface area contributed by atoms with Crippen molar-refractivity contribution >= 4 is 44.1 Å². The number of guanidine groups is 1. The third kappa shape index (κ3) is 11.1. The minimum Gasteiger partial charge on any atom is -0.493 e. The van der Waals surface area contributed by atoms with E-state index in [1.807, 2.05) is 6.07 Å². The SMILES string of the molecule is COc1ccccc1OC1CCN(S(=O)(=O)NC(CCS(C)(=O)=O)C(=O)N2CCCC2C(=O)NC(C=O)CCCN=C(N)N)CC1. The van der Waals surface area contributed by atoms with E-state index in [1.54, 1.807) is 18.2 Å². The summed E-state index contributed by atoms with van der Waals surface area (Å²) < 4.78 is 65.9. The molecule has 3 atom stereocenters. The molecule has 2 heterocycles. The molecule has 2 aliphatic rings. The number of sulfone groups is 1. The van der Waals surface area contributed by atoms with Gasteiger partial charge in [-0.05, 0) is 57.1 Å². The van der Waals surface area contributed by atoms with Crippen LogP contribution in [-0.2, 0) is 34.4 Å². The second-order valence-corrected chi connectivity index (χ2v) is 15.3. The maximum absolute atomic E-state index is 13.7. The first-order chi connectivity index (χ1) is 21.7. The highest BCUT2D eigenvalue weighted by atomic mass is 32.2. The van der Waals surface area contributed by atoms with Crippen molar-refractivity contribution < 1.29 is 40.7 Å². The molecule has 258 valence electrons. The number of nitrogens with two attached hydrogens (primary N) is 2. The van der Waals surface area contributed by atoms with Crippen LogP contribution < -0.4 is 31.0 Å².